The van der Waals surface area contributed by atoms with Crippen LogP contribution in [0.1, 0.15) is 61.1 Å². The van der Waals surface area contributed by atoms with Gasteiger partial charge in [-0.2, -0.15) is 8.78 Å². The summed E-state index contributed by atoms with van der Waals surface area (Å²) in [5.41, 5.74) is 8.55. The number of nitrogens with two attached hydrogens (primary N) is 1. The molecule has 2 aromatic heterocycles. The van der Waals surface area contributed by atoms with Gasteiger partial charge in [0.05, 0.1) is 174 Å². The van der Waals surface area contributed by atoms with Gasteiger partial charge in [-0.05, 0) is 37.1 Å². The van der Waals surface area contributed by atoms with E-state index >= 15 is 0 Å². The van der Waals surface area contributed by atoms with Crippen LogP contribution < -0.4 is 21.1 Å². The van der Waals surface area contributed by atoms with Crippen LogP contribution in [-0.4, -0.2) is 190 Å². The number of nitrogens with zero attached hydrogens (tertiary/aromatic N) is 4. The Morgan fingerprint density at radius 3 is 1.62 bits per heavy atom. The van der Waals surface area contributed by atoms with E-state index in [1.54, 1.807) is 31.3 Å². The molecule has 4 N–H and O–H groups in total. The number of pyridine rings is 2. The number of hydrogen-bond donors (Lipinski definition) is 3. The smallest absolute Gasteiger partial charge is 0.313 e. The minimum atomic E-state index is -1.80. The molecule has 0 spiro atoms. The lowest BCUT2D eigenvalue weighted by Gasteiger charge is -2.21. The molecule has 0 unspecified atom stereocenters. The van der Waals surface area contributed by atoms with E-state index in [1.807, 2.05) is 6.92 Å². The molecule has 23 nitrogen and oxygen atoms in total. The summed E-state index contributed by atoms with van der Waals surface area (Å²) in [4.78, 5) is 69.0. The number of ether oxygens (including phenoxy) is 11. The molecule has 1 aromatic carbocycles. The highest BCUT2D eigenvalue weighted by Gasteiger charge is 2.25. The van der Waals surface area contributed by atoms with E-state index in [1.165, 1.54) is 17.5 Å². The van der Waals surface area contributed by atoms with Crippen molar-refractivity contribution in [3.63, 3.8) is 0 Å². The van der Waals surface area contributed by atoms with Crippen molar-refractivity contribution in [1.29, 1.82) is 0 Å². The Hall–Kier alpha value is -6.11. The second-order valence-corrected chi connectivity index (χ2v) is 16.6. The minimum Gasteiger partial charge on any atom is -0.420 e. The largest absolute Gasteiger partial charge is 0.420 e. The minimum absolute atomic E-state index is 0.0115. The van der Waals surface area contributed by atoms with Gasteiger partial charge in [0.25, 0.3) is 11.8 Å². The van der Waals surface area contributed by atoms with Gasteiger partial charge in [-0.15, -0.1) is 0 Å². The van der Waals surface area contributed by atoms with Crippen LogP contribution >= 0.6 is 0 Å². The number of nitrogens with one attached hydrogen (secondary N) is 2. The molecule has 3 aromatic rings. The number of halogens is 4. The van der Waals surface area contributed by atoms with Crippen LogP contribution in [0.4, 0.5) is 28.9 Å². The topological polar surface area (TPSA) is 270 Å². The zero-order chi connectivity index (χ0) is 56.9. The number of hydrogen-bond acceptors (Lipinski definition) is 20. The van der Waals surface area contributed by atoms with Gasteiger partial charge in [0.2, 0.25) is 23.3 Å². The molecule has 0 radical (unpaired) electrons. The molecular formula is C52H71F4N7O16. The van der Waals surface area contributed by atoms with Crippen molar-refractivity contribution < 1.29 is 93.7 Å². The van der Waals surface area contributed by atoms with E-state index in [-0.39, 0.29) is 81.7 Å². The van der Waals surface area contributed by atoms with Crippen LogP contribution in [0.5, 0.6) is 5.75 Å². The molecule has 4 rings (SSSR count). The Kier molecular flexibility index (Phi) is 32.5. The van der Waals surface area contributed by atoms with Crippen LogP contribution in [0.2, 0.25) is 0 Å². The predicted molar refractivity (Wildman–Crippen MR) is 275 cm³/mol. The van der Waals surface area contributed by atoms with Crippen LogP contribution in [0.3, 0.4) is 0 Å². The van der Waals surface area contributed by atoms with Gasteiger partial charge in [0, 0.05) is 50.0 Å². The Morgan fingerprint density at radius 1 is 0.633 bits per heavy atom. The summed E-state index contributed by atoms with van der Waals surface area (Å²) in [6.45, 7) is 10.9. The SMILES string of the molecule is CCCN(OCC)C(=O)C1=Cc2ncc(C(=O)Nc3cncc(CNC(=O)CCOCCOCCOCCOCCOCCOCCOCCOCCOCCOCCC(=O)Oc4c(F)c(F)cc(F)c4F)c3)cc2N=C(N)C1. The molecule has 0 saturated carbocycles. The third-order valence-corrected chi connectivity index (χ3v) is 10.4. The van der Waals surface area contributed by atoms with Gasteiger partial charge < -0.3 is 68.5 Å². The summed E-state index contributed by atoms with van der Waals surface area (Å²) < 4.78 is 112. The summed E-state index contributed by atoms with van der Waals surface area (Å²) in [6.07, 6.45) is 6.59. The molecule has 0 bridgehead atoms. The first-order valence-corrected chi connectivity index (χ1v) is 25.7. The Balaban J connectivity index is 0.869. The molecule has 79 heavy (non-hydrogen) atoms. The van der Waals surface area contributed by atoms with Crippen molar-refractivity contribution in [2.75, 3.05) is 151 Å². The normalized spacial score (nSPS) is 12.1. The molecule has 27 heteroatoms. The average Bonchev–Trinajstić information content (AvgIpc) is 3.63. The maximum atomic E-state index is 13.6. The number of benzene rings is 1. The van der Waals surface area contributed by atoms with E-state index in [2.05, 4.69) is 30.3 Å². The van der Waals surface area contributed by atoms with Crippen molar-refractivity contribution >= 4 is 47.0 Å². The molecule has 1 aliphatic rings. The monoisotopic (exact) mass is 1130 g/mol. The molecule has 3 heterocycles. The fraction of sp³-hybridized carbons (Fsp3) is 0.558. The van der Waals surface area contributed by atoms with Gasteiger partial charge in [0.1, 0.15) is 5.84 Å². The number of anilines is 1. The van der Waals surface area contributed by atoms with Crippen LogP contribution in [0, 0.1) is 23.3 Å². The first-order valence-electron chi connectivity index (χ1n) is 25.7. The molecule has 1 aliphatic heterocycles. The number of rotatable bonds is 43. The number of amidine groups is 1. The highest BCUT2D eigenvalue weighted by Crippen LogP contribution is 2.28. The first-order chi connectivity index (χ1) is 38.4. The number of esters is 1. The van der Waals surface area contributed by atoms with E-state index in [4.69, 9.17) is 57.9 Å². The lowest BCUT2D eigenvalue weighted by atomic mass is 10.1. The van der Waals surface area contributed by atoms with Crippen molar-refractivity contribution in [3.05, 3.63) is 82.5 Å². The third-order valence-electron chi connectivity index (χ3n) is 10.4. The summed E-state index contributed by atoms with van der Waals surface area (Å²) >= 11 is 0. The number of fused-ring (bicyclic) bond motifs is 1. The number of amides is 3. The maximum Gasteiger partial charge on any atom is 0.313 e. The molecule has 0 saturated heterocycles. The zero-order valence-corrected chi connectivity index (χ0v) is 44.5. The number of aliphatic imine (C=N–C) groups is 1. The van der Waals surface area contributed by atoms with Crippen molar-refractivity contribution in [2.24, 2.45) is 10.7 Å². The maximum absolute atomic E-state index is 13.6. The average molecular weight is 1130 g/mol. The van der Waals surface area contributed by atoms with Crippen molar-refractivity contribution in [1.82, 2.24) is 20.3 Å². The molecule has 0 atom stereocenters. The number of aromatic nitrogens is 2. The van der Waals surface area contributed by atoms with Crippen LogP contribution in [0.25, 0.3) is 6.08 Å². The van der Waals surface area contributed by atoms with Crippen molar-refractivity contribution in [2.45, 2.75) is 46.1 Å². The fourth-order valence-corrected chi connectivity index (χ4v) is 6.63. The van der Waals surface area contributed by atoms with E-state index < -0.39 is 47.3 Å². The molecule has 0 fully saturated rings. The third kappa shape index (κ3) is 26.6. The van der Waals surface area contributed by atoms with Gasteiger partial charge in [0.15, 0.2) is 11.6 Å². The number of carbonyl (C=O) groups is 4. The quantitative estimate of drug-likeness (QED) is 0.0177. The van der Waals surface area contributed by atoms with E-state index in [0.29, 0.717) is 147 Å². The second-order valence-electron chi connectivity index (χ2n) is 16.6. The lowest BCUT2D eigenvalue weighted by Crippen LogP contribution is -2.34. The lowest BCUT2D eigenvalue weighted by molar-refractivity contribution is -0.180. The summed E-state index contributed by atoms with van der Waals surface area (Å²) in [7, 11) is 0. The standard InChI is InChI=1S/C52H71F4N7O16/c1-3-7-63(78-4-2)52(67)38-29-43-44(62-45(57)31-38)30-39(35-59-43)51(66)61-40-28-37(33-58-36-40)34-60-46(64)5-8-68-10-12-70-14-16-72-18-20-74-22-24-76-26-27-77-25-23-75-21-19-73-17-15-71-13-11-69-9-6-47(65)79-50-48(55)41(53)32-42(54)49(50)56/h28-30,32-33,35-36H,3-27,31,34H2,1-2H3,(H2,57,62)(H,60,64)(H,61,66). The summed E-state index contributed by atoms with van der Waals surface area (Å²) in [5, 5.41) is 6.91. The van der Waals surface area contributed by atoms with Gasteiger partial charge in [-0.3, -0.25) is 34.0 Å². The summed E-state index contributed by atoms with van der Waals surface area (Å²) in [6, 6.07) is 3.25. The summed E-state index contributed by atoms with van der Waals surface area (Å²) in [5.74, 6) is -10.4. The van der Waals surface area contributed by atoms with Gasteiger partial charge in [-0.25, -0.2) is 18.8 Å². The van der Waals surface area contributed by atoms with Gasteiger partial charge in [-0.1, -0.05) is 6.92 Å². The molecular weight excluding hydrogens is 1050 g/mol. The Labute approximate surface area is 455 Å². The van der Waals surface area contributed by atoms with E-state index in [0.717, 1.165) is 0 Å². The zero-order valence-electron chi connectivity index (χ0n) is 44.5. The Bertz CT molecular complexity index is 2360. The number of carbonyl (C=O) groups excluding carboxylic acids is 4. The van der Waals surface area contributed by atoms with E-state index in [9.17, 15) is 36.7 Å². The fourth-order valence-electron chi connectivity index (χ4n) is 6.63. The van der Waals surface area contributed by atoms with Crippen LogP contribution in [0.15, 0.2) is 47.4 Å². The molecule has 438 valence electrons. The first kappa shape index (κ1) is 65.4. The Morgan fingerprint density at radius 2 is 1.13 bits per heavy atom. The predicted octanol–water partition coefficient (Wildman–Crippen LogP) is 4.42. The highest BCUT2D eigenvalue weighted by atomic mass is 19.2. The molecule has 0 aliphatic carbocycles. The van der Waals surface area contributed by atoms with Gasteiger partial charge >= 0.3 is 5.97 Å². The molecule has 3 amide bonds. The number of hydroxylamine groups is 2. The van der Waals surface area contributed by atoms with Crippen molar-refractivity contribution in [3.8, 4) is 5.75 Å². The highest BCUT2D eigenvalue weighted by molar-refractivity contribution is 6.07. The second kappa shape index (κ2) is 39.3. The van der Waals surface area contributed by atoms with Crippen LogP contribution in [-0.2, 0) is 73.1 Å².